The first-order valence-corrected chi connectivity index (χ1v) is 4.04. The lowest BCUT2D eigenvalue weighted by Gasteiger charge is -2.24. The van der Waals surface area contributed by atoms with Crippen LogP contribution in [0.1, 0.15) is 6.92 Å². The molecule has 1 heterocycles. The maximum atomic E-state index is 11.2. The van der Waals surface area contributed by atoms with Crippen LogP contribution in [0.4, 0.5) is 5.69 Å². The predicted molar refractivity (Wildman–Crippen MR) is 50.5 cm³/mol. The van der Waals surface area contributed by atoms with Gasteiger partial charge in [0.1, 0.15) is 13.6 Å². The number of fused-ring (bicyclic) bond motifs is 1. The molecule has 1 unspecified atom stereocenters. The Hall–Kier alpha value is -1.45. The number of anilines is 1. The van der Waals surface area contributed by atoms with Crippen molar-refractivity contribution < 1.29 is 9.53 Å². The second kappa shape index (κ2) is 2.80. The van der Waals surface area contributed by atoms with Crippen LogP contribution in [0.3, 0.4) is 0 Å². The number of carbonyl (C=O) groups excluding carboxylic acids is 1. The summed E-state index contributed by atoms with van der Waals surface area (Å²) in [6, 6.07) is 5.27. The average Bonchev–Trinajstić information content (AvgIpc) is 2.09. The molecular formula is C9H8BNO2. The SMILES string of the molecule is [B]c1cccc2c1OC(C)C(=O)N2. The number of ether oxygens (including phenoxy) is 1. The molecule has 1 aromatic carbocycles. The maximum absolute atomic E-state index is 11.2. The van der Waals surface area contributed by atoms with Crippen molar-refractivity contribution in [3.8, 4) is 5.75 Å². The van der Waals surface area contributed by atoms with Gasteiger partial charge in [0.25, 0.3) is 5.91 Å². The third-order valence-corrected chi connectivity index (χ3v) is 1.97. The van der Waals surface area contributed by atoms with Gasteiger partial charge >= 0.3 is 0 Å². The molecule has 1 aliphatic heterocycles. The van der Waals surface area contributed by atoms with Crippen LogP contribution >= 0.6 is 0 Å². The van der Waals surface area contributed by atoms with E-state index < -0.39 is 6.10 Å². The smallest absolute Gasteiger partial charge is 0.265 e. The van der Waals surface area contributed by atoms with Crippen molar-refractivity contribution in [3.05, 3.63) is 18.2 Å². The van der Waals surface area contributed by atoms with E-state index in [4.69, 9.17) is 12.6 Å². The van der Waals surface area contributed by atoms with Gasteiger partial charge in [0, 0.05) is 0 Å². The highest BCUT2D eigenvalue weighted by molar-refractivity contribution is 6.35. The van der Waals surface area contributed by atoms with E-state index in [1.807, 2.05) is 0 Å². The highest BCUT2D eigenvalue weighted by Gasteiger charge is 2.23. The summed E-state index contributed by atoms with van der Waals surface area (Å²) in [6.07, 6.45) is -0.475. The Morgan fingerprint density at radius 1 is 1.54 bits per heavy atom. The Bertz CT molecular complexity index is 365. The molecule has 0 saturated carbocycles. The van der Waals surface area contributed by atoms with Crippen molar-refractivity contribution in [2.24, 2.45) is 0 Å². The summed E-state index contributed by atoms with van der Waals surface area (Å²) in [5.41, 5.74) is 1.19. The maximum Gasteiger partial charge on any atom is 0.265 e. The first-order valence-electron chi connectivity index (χ1n) is 4.04. The van der Waals surface area contributed by atoms with E-state index in [1.54, 1.807) is 25.1 Å². The molecule has 2 rings (SSSR count). The van der Waals surface area contributed by atoms with Crippen LogP contribution in [-0.2, 0) is 4.79 Å². The van der Waals surface area contributed by atoms with E-state index in [0.717, 1.165) is 0 Å². The summed E-state index contributed by atoms with van der Waals surface area (Å²) in [5.74, 6) is 0.424. The minimum Gasteiger partial charge on any atom is -0.479 e. The van der Waals surface area contributed by atoms with Crippen molar-refractivity contribution in [1.29, 1.82) is 0 Å². The second-order valence-corrected chi connectivity index (χ2v) is 2.97. The molecule has 1 amide bonds. The number of para-hydroxylation sites is 1. The van der Waals surface area contributed by atoms with E-state index in [2.05, 4.69) is 5.32 Å². The van der Waals surface area contributed by atoms with Gasteiger partial charge in [0.05, 0.1) is 5.69 Å². The third-order valence-electron chi connectivity index (χ3n) is 1.97. The normalized spacial score (nSPS) is 20.1. The fourth-order valence-electron chi connectivity index (χ4n) is 1.25. The van der Waals surface area contributed by atoms with Crippen LogP contribution in [0.2, 0.25) is 0 Å². The van der Waals surface area contributed by atoms with Gasteiger partial charge in [-0.2, -0.15) is 0 Å². The Kier molecular flexibility index (Phi) is 1.76. The van der Waals surface area contributed by atoms with Crippen molar-refractivity contribution in [2.45, 2.75) is 13.0 Å². The topological polar surface area (TPSA) is 38.3 Å². The summed E-state index contributed by atoms with van der Waals surface area (Å²) in [7, 11) is 5.67. The van der Waals surface area contributed by atoms with E-state index in [0.29, 0.717) is 16.9 Å². The Morgan fingerprint density at radius 3 is 3.08 bits per heavy atom. The average molecular weight is 173 g/mol. The van der Waals surface area contributed by atoms with Gasteiger partial charge in [-0.3, -0.25) is 4.79 Å². The zero-order valence-electron chi connectivity index (χ0n) is 7.20. The van der Waals surface area contributed by atoms with Crippen molar-refractivity contribution in [3.63, 3.8) is 0 Å². The zero-order chi connectivity index (χ0) is 9.42. The molecule has 4 heteroatoms. The van der Waals surface area contributed by atoms with Crippen LogP contribution in [0.5, 0.6) is 5.75 Å². The van der Waals surface area contributed by atoms with Gasteiger partial charge in [-0.25, -0.2) is 0 Å². The van der Waals surface area contributed by atoms with Gasteiger partial charge in [-0.05, 0) is 13.0 Å². The molecule has 1 aromatic rings. The lowest BCUT2D eigenvalue weighted by molar-refractivity contribution is -0.122. The Morgan fingerprint density at radius 2 is 2.31 bits per heavy atom. The minimum absolute atomic E-state index is 0.141. The molecule has 0 aromatic heterocycles. The highest BCUT2D eigenvalue weighted by Crippen LogP contribution is 2.26. The highest BCUT2D eigenvalue weighted by atomic mass is 16.5. The summed E-state index contributed by atoms with van der Waals surface area (Å²) in [6.45, 7) is 1.69. The largest absolute Gasteiger partial charge is 0.479 e. The Balaban J connectivity index is 2.48. The Labute approximate surface area is 77.5 Å². The first-order chi connectivity index (χ1) is 6.18. The van der Waals surface area contributed by atoms with Gasteiger partial charge in [0.15, 0.2) is 6.10 Å². The van der Waals surface area contributed by atoms with Crippen LogP contribution in [0.15, 0.2) is 18.2 Å². The van der Waals surface area contributed by atoms with Crippen LogP contribution in [0, 0.1) is 0 Å². The molecule has 1 N–H and O–H groups in total. The van der Waals surface area contributed by atoms with Gasteiger partial charge < -0.3 is 10.1 Å². The summed E-state index contributed by atoms with van der Waals surface area (Å²) >= 11 is 0. The quantitative estimate of drug-likeness (QED) is 0.569. The molecule has 13 heavy (non-hydrogen) atoms. The fourth-order valence-corrected chi connectivity index (χ4v) is 1.25. The molecule has 1 atom stereocenters. The molecule has 0 spiro atoms. The molecule has 0 aliphatic carbocycles. The summed E-state index contributed by atoms with van der Waals surface area (Å²) in [5, 5.41) is 2.71. The molecule has 0 saturated heterocycles. The number of hydrogen-bond donors (Lipinski definition) is 1. The van der Waals surface area contributed by atoms with E-state index >= 15 is 0 Å². The molecular weight excluding hydrogens is 165 g/mol. The van der Waals surface area contributed by atoms with Gasteiger partial charge in [-0.1, -0.05) is 17.6 Å². The first kappa shape index (κ1) is 8.17. The molecule has 2 radical (unpaired) electrons. The number of benzene rings is 1. The lowest BCUT2D eigenvalue weighted by Crippen LogP contribution is -2.36. The molecule has 3 nitrogen and oxygen atoms in total. The fraction of sp³-hybridized carbons (Fsp3) is 0.222. The van der Waals surface area contributed by atoms with Crippen LogP contribution < -0.4 is 15.5 Å². The summed E-state index contributed by atoms with van der Waals surface area (Å²) < 4.78 is 5.34. The van der Waals surface area contributed by atoms with Gasteiger partial charge in [0.2, 0.25) is 0 Å². The predicted octanol–water partition coefficient (Wildman–Crippen LogP) is 0.200. The van der Waals surface area contributed by atoms with Crippen LogP contribution in [-0.4, -0.2) is 19.9 Å². The molecule has 0 bridgehead atoms. The van der Waals surface area contributed by atoms with Crippen molar-refractivity contribution >= 4 is 24.9 Å². The lowest BCUT2D eigenvalue weighted by atomic mass is 9.93. The standard InChI is InChI=1S/C9H8BNO2/c1-5-9(12)11-7-4-2-3-6(10)8(7)13-5/h2-5H,1H3,(H,11,12). The number of carbonyl (C=O) groups is 1. The van der Waals surface area contributed by atoms with Crippen molar-refractivity contribution in [1.82, 2.24) is 0 Å². The number of amides is 1. The zero-order valence-corrected chi connectivity index (χ0v) is 7.20. The van der Waals surface area contributed by atoms with E-state index in [9.17, 15) is 4.79 Å². The summed E-state index contributed by atoms with van der Waals surface area (Å²) in [4.78, 5) is 11.2. The molecule has 0 fully saturated rings. The number of hydrogen-bond acceptors (Lipinski definition) is 2. The second-order valence-electron chi connectivity index (χ2n) is 2.97. The third kappa shape index (κ3) is 1.28. The number of nitrogens with one attached hydrogen (secondary N) is 1. The van der Waals surface area contributed by atoms with Crippen LogP contribution in [0.25, 0.3) is 0 Å². The molecule has 64 valence electrons. The van der Waals surface area contributed by atoms with Gasteiger partial charge in [-0.15, -0.1) is 0 Å². The van der Waals surface area contributed by atoms with E-state index in [1.165, 1.54) is 0 Å². The monoisotopic (exact) mass is 173 g/mol. The van der Waals surface area contributed by atoms with Crippen molar-refractivity contribution in [2.75, 3.05) is 5.32 Å². The minimum atomic E-state index is -0.475. The molecule has 1 aliphatic rings. The number of rotatable bonds is 0. The van der Waals surface area contributed by atoms with E-state index in [-0.39, 0.29) is 5.91 Å².